The first-order valence-corrected chi connectivity index (χ1v) is 11.4. The summed E-state index contributed by atoms with van der Waals surface area (Å²) in [6, 6.07) is 11.6. The molecule has 0 spiro atoms. The molecule has 2 aliphatic rings. The van der Waals surface area contributed by atoms with Crippen molar-refractivity contribution >= 4 is 12.0 Å². The summed E-state index contributed by atoms with van der Waals surface area (Å²) in [5.41, 5.74) is 1.00. The number of amides is 1. The molecule has 2 atom stereocenters. The molecule has 9 heteroatoms. The molecule has 0 bridgehead atoms. The quantitative estimate of drug-likeness (QED) is 0.721. The third-order valence-corrected chi connectivity index (χ3v) is 5.64. The zero-order valence-corrected chi connectivity index (χ0v) is 19.8. The summed E-state index contributed by atoms with van der Waals surface area (Å²) in [4.78, 5) is 14.2. The first-order valence-electron chi connectivity index (χ1n) is 11.4. The Bertz CT molecular complexity index is 992. The molecule has 0 saturated carbocycles. The van der Waals surface area contributed by atoms with Crippen molar-refractivity contribution in [2.45, 2.75) is 51.6 Å². The van der Waals surface area contributed by atoms with Crippen LogP contribution in [0, 0.1) is 11.6 Å². The fraction of sp³-hybridized carbons (Fsp3) is 0.440. The summed E-state index contributed by atoms with van der Waals surface area (Å²) in [5.74, 6) is -0.231. The number of hydrogen-bond acceptors (Lipinski definition) is 6. The molecule has 2 heterocycles. The van der Waals surface area contributed by atoms with Gasteiger partial charge in [0.25, 0.3) is 0 Å². The highest BCUT2D eigenvalue weighted by Gasteiger charge is 2.38. The van der Waals surface area contributed by atoms with Crippen molar-refractivity contribution in [1.29, 1.82) is 0 Å². The normalized spacial score (nSPS) is 20.9. The molecule has 2 aromatic carbocycles. The van der Waals surface area contributed by atoms with E-state index in [-0.39, 0.29) is 23.8 Å². The van der Waals surface area contributed by atoms with Crippen LogP contribution in [-0.4, -0.2) is 59.4 Å². The second kappa shape index (κ2) is 9.58. The largest absolute Gasteiger partial charge is 0.453 e. The molecule has 2 aliphatic heterocycles. The number of piperazine rings is 1. The Hall–Kier alpha value is -3.20. The van der Waals surface area contributed by atoms with Crippen molar-refractivity contribution in [2.75, 3.05) is 19.6 Å². The van der Waals surface area contributed by atoms with Gasteiger partial charge in [-0.1, -0.05) is 24.3 Å². The number of rotatable bonds is 4. The van der Waals surface area contributed by atoms with Gasteiger partial charge in [-0.25, -0.2) is 18.6 Å². The molecule has 0 aliphatic carbocycles. The predicted molar refractivity (Wildman–Crippen MR) is 124 cm³/mol. The number of ether oxygens (including phenoxy) is 2. The van der Waals surface area contributed by atoms with Gasteiger partial charge in [-0.2, -0.15) is 0 Å². The zero-order chi connectivity index (χ0) is 24.5. The maximum Gasteiger partial charge on any atom is 0.410 e. The van der Waals surface area contributed by atoms with Crippen molar-refractivity contribution in [3.63, 3.8) is 0 Å². The van der Waals surface area contributed by atoms with Gasteiger partial charge in [-0.05, 0) is 63.1 Å². The van der Waals surface area contributed by atoms with Gasteiger partial charge in [-0.15, -0.1) is 5.10 Å². The highest BCUT2D eigenvalue weighted by Crippen LogP contribution is 2.34. The lowest BCUT2D eigenvalue weighted by atomic mass is 9.98. The number of nitrogens with one attached hydrogen (secondary N) is 1. The Morgan fingerprint density at radius 1 is 1.09 bits per heavy atom. The Labute approximate surface area is 198 Å². The zero-order valence-electron chi connectivity index (χ0n) is 19.8. The summed E-state index contributed by atoms with van der Waals surface area (Å²) < 4.78 is 38.8. The molecule has 1 amide bonds. The van der Waals surface area contributed by atoms with Crippen LogP contribution in [-0.2, 0) is 9.47 Å². The Kier molecular flexibility index (Phi) is 6.74. The van der Waals surface area contributed by atoms with E-state index >= 15 is 0 Å². The standard InChI is InChI=1S/C25H30F2N4O3/c1-16-31(22(17-5-9-19(26)10-6-17)18-7-11-20(27)12-8-18)29-23(33-16)21-15-30(14-13-28-21)24(32)34-25(2,3)4/h5-12,16,21-22,28H,13-15H2,1-4H3. The Morgan fingerprint density at radius 2 is 1.65 bits per heavy atom. The van der Waals surface area contributed by atoms with Crippen LogP contribution in [0.2, 0.25) is 0 Å². The second-order valence-electron chi connectivity index (χ2n) is 9.47. The van der Waals surface area contributed by atoms with Gasteiger partial charge in [0.15, 0.2) is 6.23 Å². The summed E-state index contributed by atoms with van der Waals surface area (Å²) in [5, 5.41) is 9.89. The molecule has 2 unspecified atom stereocenters. The van der Waals surface area contributed by atoms with Crippen molar-refractivity contribution in [3.8, 4) is 0 Å². The third-order valence-electron chi connectivity index (χ3n) is 5.64. The van der Waals surface area contributed by atoms with Crippen LogP contribution in [0.3, 0.4) is 0 Å². The van der Waals surface area contributed by atoms with Crippen molar-refractivity contribution < 1.29 is 23.0 Å². The summed E-state index contributed by atoms with van der Waals surface area (Å²) >= 11 is 0. The summed E-state index contributed by atoms with van der Waals surface area (Å²) in [7, 11) is 0. The topological polar surface area (TPSA) is 66.4 Å². The number of halogens is 2. The first-order chi connectivity index (χ1) is 16.1. The molecule has 1 saturated heterocycles. The molecule has 4 rings (SSSR count). The number of hydrogen-bond donors (Lipinski definition) is 1. The molecule has 34 heavy (non-hydrogen) atoms. The monoisotopic (exact) mass is 472 g/mol. The maximum atomic E-state index is 13.6. The molecule has 0 radical (unpaired) electrons. The molecule has 2 aromatic rings. The minimum absolute atomic E-state index is 0.309. The number of nitrogens with zero attached hydrogens (tertiary/aromatic N) is 3. The number of benzene rings is 2. The van der Waals surface area contributed by atoms with Gasteiger partial charge < -0.3 is 19.7 Å². The van der Waals surface area contributed by atoms with Crippen molar-refractivity contribution in [2.24, 2.45) is 5.10 Å². The fourth-order valence-corrected chi connectivity index (χ4v) is 4.06. The lowest BCUT2D eigenvalue weighted by molar-refractivity contribution is 0.0199. The van der Waals surface area contributed by atoms with Crippen molar-refractivity contribution in [1.82, 2.24) is 15.2 Å². The summed E-state index contributed by atoms with van der Waals surface area (Å²) in [6.45, 7) is 8.81. The van der Waals surface area contributed by atoms with Gasteiger partial charge in [-0.3, -0.25) is 0 Å². The van der Waals surface area contributed by atoms with Crippen LogP contribution in [0.4, 0.5) is 13.6 Å². The molecule has 1 fully saturated rings. The SMILES string of the molecule is CC1OC(C2CN(C(=O)OC(C)(C)C)CCN2)=NN1C(c1ccc(F)cc1)c1ccc(F)cc1. The van der Waals surface area contributed by atoms with Crippen LogP contribution >= 0.6 is 0 Å². The minimum atomic E-state index is -0.582. The van der Waals surface area contributed by atoms with Crippen LogP contribution < -0.4 is 5.32 Å². The number of carbonyl (C=O) groups excluding carboxylic acids is 1. The Balaban J connectivity index is 1.59. The van der Waals surface area contributed by atoms with E-state index in [9.17, 15) is 13.6 Å². The second-order valence-corrected chi connectivity index (χ2v) is 9.47. The van der Waals surface area contributed by atoms with E-state index in [4.69, 9.17) is 14.6 Å². The van der Waals surface area contributed by atoms with Crippen LogP contribution in [0.1, 0.15) is 44.9 Å². The highest BCUT2D eigenvalue weighted by molar-refractivity contribution is 5.84. The molecular formula is C25H30F2N4O3. The van der Waals surface area contributed by atoms with E-state index in [1.54, 1.807) is 34.2 Å². The van der Waals surface area contributed by atoms with E-state index in [0.717, 1.165) is 11.1 Å². The third kappa shape index (κ3) is 5.47. The average Bonchev–Trinajstić information content (AvgIpc) is 3.17. The van der Waals surface area contributed by atoms with Crippen LogP contribution in [0.25, 0.3) is 0 Å². The van der Waals surface area contributed by atoms with E-state index in [0.29, 0.717) is 25.5 Å². The molecule has 182 valence electrons. The fourth-order valence-electron chi connectivity index (χ4n) is 4.06. The average molecular weight is 473 g/mol. The lowest BCUT2D eigenvalue weighted by Crippen LogP contribution is -2.56. The first kappa shape index (κ1) is 23.9. The predicted octanol–water partition coefficient (Wildman–Crippen LogP) is 4.25. The van der Waals surface area contributed by atoms with E-state index in [1.165, 1.54) is 24.3 Å². The molecule has 1 N–H and O–H groups in total. The van der Waals surface area contributed by atoms with Crippen LogP contribution in [0.5, 0.6) is 0 Å². The van der Waals surface area contributed by atoms with Crippen molar-refractivity contribution in [3.05, 3.63) is 71.3 Å². The number of carbonyl (C=O) groups is 1. The number of hydrazone groups is 1. The van der Waals surface area contributed by atoms with Gasteiger partial charge in [0.1, 0.15) is 29.3 Å². The maximum absolute atomic E-state index is 13.6. The lowest BCUT2D eigenvalue weighted by Gasteiger charge is -2.34. The molecular weight excluding hydrogens is 442 g/mol. The Morgan fingerprint density at radius 3 is 2.18 bits per heavy atom. The highest BCUT2D eigenvalue weighted by atomic mass is 19.1. The molecule has 0 aromatic heterocycles. The van der Waals surface area contributed by atoms with Gasteiger partial charge >= 0.3 is 6.09 Å². The van der Waals surface area contributed by atoms with E-state index < -0.39 is 17.9 Å². The van der Waals surface area contributed by atoms with E-state index in [2.05, 4.69) is 5.32 Å². The smallest absolute Gasteiger partial charge is 0.410 e. The van der Waals surface area contributed by atoms with E-state index in [1.807, 2.05) is 27.7 Å². The van der Waals surface area contributed by atoms with Gasteiger partial charge in [0.05, 0.1) is 0 Å². The van der Waals surface area contributed by atoms with Crippen LogP contribution in [0.15, 0.2) is 53.6 Å². The summed E-state index contributed by atoms with van der Waals surface area (Å²) in [6.07, 6.45) is -0.813. The van der Waals surface area contributed by atoms with Gasteiger partial charge in [0.2, 0.25) is 5.90 Å². The minimum Gasteiger partial charge on any atom is -0.453 e. The molecule has 7 nitrogen and oxygen atoms in total. The van der Waals surface area contributed by atoms with Gasteiger partial charge in [0, 0.05) is 19.6 Å².